The minimum Gasteiger partial charge on any atom is -0.481 e. The van der Waals surface area contributed by atoms with Gasteiger partial charge in [-0.3, -0.25) is 9.59 Å². The van der Waals surface area contributed by atoms with Crippen LogP contribution in [-0.2, 0) is 29.1 Å². The van der Waals surface area contributed by atoms with Crippen molar-refractivity contribution >= 4 is 45.8 Å². The van der Waals surface area contributed by atoms with Gasteiger partial charge in [0.1, 0.15) is 5.65 Å². The Morgan fingerprint density at radius 2 is 2.13 bits per heavy atom. The third-order valence-corrected chi connectivity index (χ3v) is 7.43. The highest BCUT2D eigenvalue weighted by atomic mass is 35.5. The van der Waals surface area contributed by atoms with E-state index in [-0.39, 0.29) is 5.91 Å². The smallest absolute Gasteiger partial charge is 0.309 e. The van der Waals surface area contributed by atoms with Crippen molar-refractivity contribution in [2.45, 2.75) is 52.6 Å². The molecule has 0 spiro atoms. The van der Waals surface area contributed by atoms with Gasteiger partial charge in [-0.15, -0.1) is 0 Å². The first-order valence-corrected chi connectivity index (χ1v) is 11.8. The Hall–Kier alpha value is -2.38. The van der Waals surface area contributed by atoms with Crippen LogP contribution in [0.5, 0.6) is 0 Å². The predicted molar refractivity (Wildman–Crippen MR) is 123 cm³/mol. The van der Waals surface area contributed by atoms with E-state index in [2.05, 4.69) is 21.0 Å². The first-order chi connectivity index (χ1) is 14.8. The monoisotopic (exact) mass is 459 g/mol. The van der Waals surface area contributed by atoms with E-state index in [0.29, 0.717) is 38.9 Å². The summed E-state index contributed by atoms with van der Waals surface area (Å²) in [7, 11) is 0. The van der Waals surface area contributed by atoms with Crippen LogP contribution in [0.1, 0.15) is 49.9 Å². The van der Waals surface area contributed by atoms with Crippen molar-refractivity contribution in [3.63, 3.8) is 0 Å². The van der Waals surface area contributed by atoms with Crippen LogP contribution < -0.4 is 0 Å². The molecular formula is C23H26ClN3O3S. The van der Waals surface area contributed by atoms with Crippen LogP contribution in [0.3, 0.4) is 0 Å². The van der Waals surface area contributed by atoms with Crippen molar-refractivity contribution in [2.24, 2.45) is 5.41 Å². The van der Waals surface area contributed by atoms with E-state index in [1.165, 1.54) is 5.56 Å². The molecule has 0 aliphatic carbocycles. The zero-order chi connectivity index (χ0) is 22.2. The van der Waals surface area contributed by atoms with Crippen molar-refractivity contribution in [1.82, 2.24) is 14.5 Å². The molecule has 1 aliphatic rings. The number of halogens is 1. The summed E-state index contributed by atoms with van der Waals surface area (Å²) in [6.45, 7) is 5.23. The molecule has 0 saturated carbocycles. The maximum Gasteiger partial charge on any atom is 0.309 e. The van der Waals surface area contributed by atoms with Gasteiger partial charge in [-0.25, -0.2) is 4.98 Å². The molecule has 8 heteroatoms. The number of thiophene rings is 1. The number of fused-ring (bicyclic) bond motifs is 3. The van der Waals surface area contributed by atoms with E-state index in [0.717, 1.165) is 33.7 Å². The SMILES string of the molecule is CC(C)(CCCC(=O)N1CCc2c(n(Cc3cscc3Cl)c3ncccc23)C1)C(=O)O. The molecule has 0 atom stereocenters. The van der Waals surface area contributed by atoms with Crippen LogP contribution >= 0.6 is 22.9 Å². The molecule has 3 aromatic heterocycles. The third kappa shape index (κ3) is 4.34. The highest BCUT2D eigenvalue weighted by Crippen LogP contribution is 2.32. The van der Waals surface area contributed by atoms with Gasteiger partial charge in [0.25, 0.3) is 0 Å². The number of hydrogen-bond acceptors (Lipinski definition) is 4. The second-order valence-electron chi connectivity index (χ2n) is 8.74. The van der Waals surface area contributed by atoms with E-state index < -0.39 is 11.4 Å². The second kappa shape index (κ2) is 8.63. The van der Waals surface area contributed by atoms with Crippen LogP contribution in [0, 0.1) is 5.41 Å². The van der Waals surface area contributed by atoms with Crippen LogP contribution in [-0.4, -0.2) is 38.0 Å². The molecule has 1 amide bonds. The zero-order valence-corrected chi connectivity index (χ0v) is 19.3. The van der Waals surface area contributed by atoms with Crippen LogP contribution in [0.4, 0.5) is 0 Å². The average molecular weight is 460 g/mol. The lowest BCUT2D eigenvalue weighted by atomic mass is 9.87. The number of hydrogen-bond donors (Lipinski definition) is 1. The Bertz CT molecular complexity index is 1130. The van der Waals surface area contributed by atoms with Crippen molar-refractivity contribution in [3.05, 3.63) is 50.9 Å². The Kier molecular flexibility index (Phi) is 6.08. The van der Waals surface area contributed by atoms with E-state index in [4.69, 9.17) is 11.6 Å². The molecule has 0 radical (unpaired) electrons. The third-order valence-electron chi connectivity index (χ3n) is 6.16. The van der Waals surface area contributed by atoms with Crippen LogP contribution in [0.15, 0.2) is 29.1 Å². The standard InChI is InChI=1S/C23H26ClN3O3S/c1-23(2,22(29)30)8-3-6-20(28)26-10-7-16-17-5-4-9-25-21(17)27(19(16)12-26)11-15-13-31-14-18(15)24/h4-5,9,13-14H,3,6-8,10-12H2,1-2H3,(H,29,30). The molecule has 6 nitrogen and oxygen atoms in total. The Labute approximate surface area is 190 Å². The normalized spacial score (nSPS) is 14.1. The second-order valence-corrected chi connectivity index (χ2v) is 9.89. The van der Waals surface area contributed by atoms with Crippen molar-refractivity contribution < 1.29 is 14.7 Å². The summed E-state index contributed by atoms with van der Waals surface area (Å²) in [5.74, 6) is -0.753. The maximum absolute atomic E-state index is 12.9. The summed E-state index contributed by atoms with van der Waals surface area (Å²) >= 11 is 7.93. The highest BCUT2D eigenvalue weighted by molar-refractivity contribution is 7.08. The van der Waals surface area contributed by atoms with Crippen molar-refractivity contribution in [2.75, 3.05) is 6.54 Å². The number of pyridine rings is 1. The van der Waals surface area contributed by atoms with E-state index in [1.54, 1.807) is 31.4 Å². The lowest BCUT2D eigenvalue weighted by Gasteiger charge is -2.29. The van der Waals surface area contributed by atoms with Gasteiger partial charge in [0.05, 0.1) is 23.5 Å². The molecule has 0 unspecified atom stereocenters. The van der Waals surface area contributed by atoms with E-state index >= 15 is 0 Å². The van der Waals surface area contributed by atoms with Crippen molar-refractivity contribution in [1.29, 1.82) is 0 Å². The molecule has 3 aromatic rings. The van der Waals surface area contributed by atoms with E-state index in [9.17, 15) is 14.7 Å². The van der Waals surface area contributed by atoms with Crippen LogP contribution in [0.2, 0.25) is 5.02 Å². The van der Waals surface area contributed by atoms with Gasteiger partial charge >= 0.3 is 5.97 Å². The van der Waals surface area contributed by atoms with Gasteiger partial charge in [-0.2, -0.15) is 11.3 Å². The molecule has 0 fully saturated rings. The molecule has 4 rings (SSSR count). The van der Waals surface area contributed by atoms with Gasteiger partial charge in [0.2, 0.25) is 5.91 Å². The molecule has 1 aliphatic heterocycles. The number of aromatic nitrogens is 2. The molecule has 0 saturated heterocycles. The number of nitrogens with zero attached hydrogens (tertiary/aromatic N) is 3. The highest BCUT2D eigenvalue weighted by Gasteiger charge is 2.29. The number of rotatable bonds is 7. The molecule has 31 heavy (non-hydrogen) atoms. The minimum absolute atomic E-state index is 0.0742. The lowest BCUT2D eigenvalue weighted by Crippen LogP contribution is -2.36. The molecular weight excluding hydrogens is 434 g/mol. The van der Waals surface area contributed by atoms with Gasteiger partial charge in [0.15, 0.2) is 0 Å². The molecule has 0 bridgehead atoms. The molecule has 0 aromatic carbocycles. The summed E-state index contributed by atoms with van der Waals surface area (Å²) in [5.41, 5.74) is 3.53. The molecule has 4 heterocycles. The van der Waals surface area contributed by atoms with Gasteiger partial charge in [-0.05, 0) is 56.2 Å². The first kappa shape index (κ1) is 21.8. The lowest BCUT2D eigenvalue weighted by molar-refractivity contribution is -0.147. The number of carbonyl (C=O) groups excluding carboxylic acids is 1. The van der Waals surface area contributed by atoms with Crippen molar-refractivity contribution in [3.8, 4) is 0 Å². The quantitative estimate of drug-likeness (QED) is 0.541. The fourth-order valence-corrected chi connectivity index (χ4v) is 5.22. The summed E-state index contributed by atoms with van der Waals surface area (Å²) < 4.78 is 2.19. The Balaban J connectivity index is 1.55. The Morgan fingerprint density at radius 1 is 1.32 bits per heavy atom. The van der Waals surface area contributed by atoms with Gasteiger partial charge < -0.3 is 14.6 Å². The van der Waals surface area contributed by atoms with Crippen LogP contribution in [0.25, 0.3) is 11.0 Å². The summed E-state index contributed by atoms with van der Waals surface area (Å²) in [4.78, 5) is 30.7. The number of carboxylic acids is 1. The topological polar surface area (TPSA) is 75.4 Å². The number of carboxylic acid groups (broad SMARTS) is 1. The van der Waals surface area contributed by atoms with E-state index in [1.807, 2.05) is 16.3 Å². The summed E-state index contributed by atoms with van der Waals surface area (Å²) in [6.07, 6.45) is 3.99. The fraction of sp³-hybridized carbons (Fsp3) is 0.435. The fourth-order valence-electron chi connectivity index (χ4n) is 4.18. The zero-order valence-electron chi connectivity index (χ0n) is 17.7. The Morgan fingerprint density at radius 3 is 2.84 bits per heavy atom. The number of aliphatic carboxylic acids is 1. The van der Waals surface area contributed by atoms with Gasteiger partial charge in [0, 0.05) is 41.2 Å². The largest absolute Gasteiger partial charge is 0.481 e. The maximum atomic E-state index is 12.9. The summed E-state index contributed by atoms with van der Waals surface area (Å²) in [5, 5.41) is 15.1. The summed E-state index contributed by atoms with van der Waals surface area (Å²) in [6, 6.07) is 4.05. The average Bonchev–Trinajstić information content (AvgIpc) is 3.29. The predicted octanol–water partition coefficient (Wildman–Crippen LogP) is 4.97. The molecule has 1 N–H and O–H groups in total. The minimum atomic E-state index is -0.827. The number of carbonyl (C=O) groups is 2. The van der Waals surface area contributed by atoms with Gasteiger partial charge in [-0.1, -0.05) is 11.6 Å². The first-order valence-electron chi connectivity index (χ1n) is 10.4. The molecule has 164 valence electrons. The number of amides is 1.